The van der Waals surface area contributed by atoms with Crippen molar-refractivity contribution in [3.8, 4) is 5.75 Å². The molecule has 0 saturated heterocycles. The van der Waals surface area contributed by atoms with Crippen molar-refractivity contribution in [1.82, 2.24) is 5.32 Å². The van der Waals surface area contributed by atoms with Crippen LogP contribution in [-0.2, 0) is 6.54 Å². The molecule has 0 fully saturated rings. The zero-order valence-electron chi connectivity index (χ0n) is 10.1. The molecule has 15 heavy (non-hydrogen) atoms. The molecule has 1 rings (SSSR count). The molecule has 0 unspecified atom stereocenters. The van der Waals surface area contributed by atoms with Crippen molar-refractivity contribution in [1.29, 1.82) is 0 Å². The second-order valence-corrected chi connectivity index (χ2v) is 4.01. The zero-order valence-corrected chi connectivity index (χ0v) is 10.1. The summed E-state index contributed by atoms with van der Waals surface area (Å²) in [5.74, 6) is 1.51. The minimum absolute atomic E-state index is 0.508. The minimum atomic E-state index is 0.508. The standard InChI is InChI=1S/C13H21NO/c1-5-14-9-11-6-7-12(10(2)3)13(8-11)15-4/h6-8,10,14H,5,9H2,1-4H3. The number of methoxy groups -OCH3 is 1. The van der Waals surface area contributed by atoms with Gasteiger partial charge in [0.25, 0.3) is 0 Å². The van der Waals surface area contributed by atoms with Crippen LogP contribution in [0.5, 0.6) is 5.75 Å². The van der Waals surface area contributed by atoms with E-state index >= 15 is 0 Å². The predicted octanol–water partition coefficient (Wildman–Crippen LogP) is 2.93. The number of nitrogens with one attached hydrogen (secondary N) is 1. The summed E-state index contributed by atoms with van der Waals surface area (Å²) in [6.45, 7) is 8.38. The molecule has 0 aliphatic carbocycles. The third kappa shape index (κ3) is 3.24. The lowest BCUT2D eigenvalue weighted by molar-refractivity contribution is 0.407. The van der Waals surface area contributed by atoms with Crippen molar-refractivity contribution in [2.45, 2.75) is 33.2 Å². The van der Waals surface area contributed by atoms with Crippen LogP contribution in [0.1, 0.15) is 37.8 Å². The van der Waals surface area contributed by atoms with Crippen molar-refractivity contribution >= 4 is 0 Å². The number of rotatable bonds is 5. The van der Waals surface area contributed by atoms with Crippen LogP contribution >= 0.6 is 0 Å². The van der Waals surface area contributed by atoms with E-state index < -0.39 is 0 Å². The van der Waals surface area contributed by atoms with E-state index in [2.05, 4.69) is 44.3 Å². The van der Waals surface area contributed by atoms with E-state index in [0.717, 1.165) is 18.8 Å². The summed E-state index contributed by atoms with van der Waals surface area (Å²) >= 11 is 0. The summed E-state index contributed by atoms with van der Waals surface area (Å²) in [7, 11) is 1.73. The molecule has 2 heteroatoms. The molecule has 0 saturated carbocycles. The van der Waals surface area contributed by atoms with Crippen molar-refractivity contribution in [3.63, 3.8) is 0 Å². The van der Waals surface area contributed by atoms with Crippen LogP contribution in [0, 0.1) is 0 Å². The van der Waals surface area contributed by atoms with Crippen LogP contribution in [-0.4, -0.2) is 13.7 Å². The van der Waals surface area contributed by atoms with Crippen LogP contribution in [0.25, 0.3) is 0 Å². The molecule has 0 bridgehead atoms. The molecule has 1 N–H and O–H groups in total. The van der Waals surface area contributed by atoms with Crippen LogP contribution < -0.4 is 10.1 Å². The lowest BCUT2D eigenvalue weighted by Gasteiger charge is -2.13. The Morgan fingerprint density at radius 3 is 2.60 bits per heavy atom. The Morgan fingerprint density at radius 2 is 2.07 bits per heavy atom. The fourth-order valence-electron chi connectivity index (χ4n) is 1.61. The molecule has 2 nitrogen and oxygen atoms in total. The van der Waals surface area contributed by atoms with Crippen molar-refractivity contribution in [2.75, 3.05) is 13.7 Å². The maximum absolute atomic E-state index is 5.40. The van der Waals surface area contributed by atoms with Crippen molar-refractivity contribution < 1.29 is 4.74 Å². The first-order chi connectivity index (χ1) is 7.19. The zero-order chi connectivity index (χ0) is 11.3. The van der Waals surface area contributed by atoms with Crippen LogP contribution in [0.4, 0.5) is 0 Å². The lowest BCUT2D eigenvalue weighted by atomic mass is 10.0. The summed E-state index contributed by atoms with van der Waals surface area (Å²) in [6, 6.07) is 6.45. The summed E-state index contributed by atoms with van der Waals surface area (Å²) in [6.07, 6.45) is 0. The van der Waals surface area contributed by atoms with Gasteiger partial charge in [-0.1, -0.05) is 32.9 Å². The van der Waals surface area contributed by atoms with E-state index in [0.29, 0.717) is 5.92 Å². The fourth-order valence-corrected chi connectivity index (χ4v) is 1.61. The molecule has 0 aliphatic rings. The molecule has 0 amide bonds. The summed E-state index contributed by atoms with van der Waals surface area (Å²) < 4.78 is 5.40. The summed E-state index contributed by atoms with van der Waals surface area (Å²) in [4.78, 5) is 0. The van der Waals surface area contributed by atoms with E-state index in [1.54, 1.807) is 7.11 Å². The van der Waals surface area contributed by atoms with Gasteiger partial charge in [0.15, 0.2) is 0 Å². The van der Waals surface area contributed by atoms with E-state index in [-0.39, 0.29) is 0 Å². The van der Waals surface area contributed by atoms with E-state index in [9.17, 15) is 0 Å². The molecule has 1 aromatic rings. The Bertz CT molecular complexity index is 307. The first kappa shape index (κ1) is 12.1. The van der Waals surface area contributed by atoms with Gasteiger partial charge in [0, 0.05) is 6.54 Å². The minimum Gasteiger partial charge on any atom is -0.496 e. The predicted molar refractivity (Wildman–Crippen MR) is 64.5 cm³/mol. The summed E-state index contributed by atoms with van der Waals surface area (Å²) in [5, 5.41) is 3.31. The quantitative estimate of drug-likeness (QED) is 0.801. The average molecular weight is 207 g/mol. The molecule has 1 aromatic carbocycles. The third-order valence-corrected chi connectivity index (χ3v) is 2.50. The highest BCUT2D eigenvalue weighted by molar-refractivity contribution is 5.39. The van der Waals surface area contributed by atoms with Crippen molar-refractivity contribution in [2.24, 2.45) is 0 Å². The van der Waals surface area contributed by atoms with Crippen LogP contribution in [0.15, 0.2) is 18.2 Å². The molecular weight excluding hydrogens is 186 g/mol. The summed E-state index contributed by atoms with van der Waals surface area (Å²) in [5.41, 5.74) is 2.55. The van der Waals surface area contributed by atoms with Gasteiger partial charge < -0.3 is 10.1 Å². The molecule has 0 atom stereocenters. The van der Waals surface area contributed by atoms with E-state index in [4.69, 9.17) is 4.74 Å². The maximum Gasteiger partial charge on any atom is 0.122 e. The Morgan fingerprint density at radius 1 is 1.33 bits per heavy atom. The SMILES string of the molecule is CCNCc1ccc(C(C)C)c(OC)c1. The monoisotopic (exact) mass is 207 g/mol. The Hall–Kier alpha value is -1.02. The highest BCUT2D eigenvalue weighted by Gasteiger charge is 2.07. The number of hydrogen-bond acceptors (Lipinski definition) is 2. The van der Waals surface area contributed by atoms with Crippen LogP contribution in [0.2, 0.25) is 0 Å². The van der Waals surface area contributed by atoms with Gasteiger partial charge >= 0.3 is 0 Å². The highest BCUT2D eigenvalue weighted by atomic mass is 16.5. The topological polar surface area (TPSA) is 21.3 Å². The fraction of sp³-hybridized carbons (Fsp3) is 0.538. The maximum atomic E-state index is 5.40. The van der Waals surface area contributed by atoms with Gasteiger partial charge in [-0.2, -0.15) is 0 Å². The normalized spacial score (nSPS) is 10.7. The van der Waals surface area contributed by atoms with Gasteiger partial charge in [-0.05, 0) is 29.7 Å². The number of ether oxygens (including phenoxy) is 1. The number of hydrogen-bond donors (Lipinski definition) is 1. The second-order valence-electron chi connectivity index (χ2n) is 4.01. The Kier molecular flexibility index (Phi) is 4.63. The third-order valence-electron chi connectivity index (χ3n) is 2.50. The second kappa shape index (κ2) is 5.76. The van der Waals surface area contributed by atoms with E-state index in [1.165, 1.54) is 11.1 Å². The van der Waals surface area contributed by atoms with E-state index in [1.807, 2.05) is 0 Å². The first-order valence-electron chi connectivity index (χ1n) is 5.56. The molecule has 84 valence electrons. The average Bonchev–Trinajstić information content (AvgIpc) is 2.25. The Labute approximate surface area is 92.6 Å². The van der Waals surface area contributed by atoms with Gasteiger partial charge in [-0.25, -0.2) is 0 Å². The van der Waals surface area contributed by atoms with Crippen molar-refractivity contribution in [3.05, 3.63) is 29.3 Å². The van der Waals surface area contributed by atoms with Gasteiger partial charge in [0.05, 0.1) is 7.11 Å². The highest BCUT2D eigenvalue weighted by Crippen LogP contribution is 2.27. The molecule has 0 radical (unpaired) electrons. The lowest BCUT2D eigenvalue weighted by Crippen LogP contribution is -2.11. The van der Waals surface area contributed by atoms with Crippen LogP contribution in [0.3, 0.4) is 0 Å². The Balaban J connectivity index is 2.87. The molecule has 0 heterocycles. The molecule has 0 aliphatic heterocycles. The molecular formula is C13H21NO. The smallest absolute Gasteiger partial charge is 0.122 e. The number of benzene rings is 1. The van der Waals surface area contributed by atoms with Gasteiger partial charge in [-0.15, -0.1) is 0 Å². The van der Waals surface area contributed by atoms with Gasteiger partial charge in [0.2, 0.25) is 0 Å². The molecule has 0 aromatic heterocycles. The van der Waals surface area contributed by atoms with Gasteiger partial charge in [0.1, 0.15) is 5.75 Å². The molecule has 0 spiro atoms. The first-order valence-corrected chi connectivity index (χ1v) is 5.56. The largest absolute Gasteiger partial charge is 0.496 e. The van der Waals surface area contributed by atoms with Gasteiger partial charge in [-0.3, -0.25) is 0 Å².